The van der Waals surface area contributed by atoms with Crippen molar-refractivity contribution >= 4 is 5.95 Å². The zero-order chi connectivity index (χ0) is 15.7. The second-order valence-electron chi connectivity index (χ2n) is 5.60. The van der Waals surface area contributed by atoms with Gasteiger partial charge in [0.05, 0.1) is 6.10 Å². The van der Waals surface area contributed by atoms with E-state index in [9.17, 15) is 0 Å². The van der Waals surface area contributed by atoms with E-state index in [1.807, 2.05) is 13.8 Å². The number of anilines is 1. The number of ether oxygens (including phenoxy) is 1. The van der Waals surface area contributed by atoms with Gasteiger partial charge in [-0.1, -0.05) is 13.8 Å². The summed E-state index contributed by atoms with van der Waals surface area (Å²) in [5.74, 6) is 1.27. The Morgan fingerprint density at radius 1 is 1.24 bits per heavy atom. The van der Waals surface area contributed by atoms with Crippen LogP contribution in [0.15, 0.2) is 12.3 Å². The Bertz CT molecular complexity index is 394. The molecule has 1 heterocycles. The summed E-state index contributed by atoms with van der Waals surface area (Å²) in [6, 6.07) is 2.14. The summed E-state index contributed by atoms with van der Waals surface area (Å²) < 4.78 is 5.58. The van der Waals surface area contributed by atoms with E-state index in [-0.39, 0.29) is 6.10 Å². The van der Waals surface area contributed by atoms with Crippen LogP contribution in [0.2, 0.25) is 0 Å². The van der Waals surface area contributed by atoms with Crippen molar-refractivity contribution in [3.8, 4) is 5.88 Å². The van der Waals surface area contributed by atoms with Gasteiger partial charge in [-0.2, -0.15) is 4.98 Å². The molecular formula is C16H30N4O. The first-order valence-corrected chi connectivity index (χ1v) is 8.03. The monoisotopic (exact) mass is 294 g/mol. The van der Waals surface area contributed by atoms with Crippen LogP contribution in [0.3, 0.4) is 0 Å². The van der Waals surface area contributed by atoms with Crippen molar-refractivity contribution < 1.29 is 4.74 Å². The highest BCUT2D eigenvalue weighted by molar-refractivity contribution is 5.28. The Labute approximate surface area is 129 Å². The molecule has 120 valence electrons. The highest BCUT2D eigenvalue weighted by Gasteiger charge is 2.07. The molecule has 0 aromatic carbocycles. The molecule has 0 spiro atoms. The van der Waals surface area contributed by atoms with E-state index in [1.165, 1.54) is 6.42 Å². The van der Waals surface area contributed by atoms with Gasteiger partial charge in [0.1, 0.15) is 0 Å². The fourth-order valence-corrected chi connectivity index (χ4v) is 2.17. The number of hydrogen-bond donors (Lipinski definition) is 1. The lowest BCUT2D eigenvalue weighted by Crippen LogP contribution is -2.26. The number of aromatic nitrogens is 2. The minimum atomic E-state index is 0.124. The van der Waals surface area contributed by atoms with Gasteiger partial charge in [-0.3, -0.25) is 0 Å². The second-order valence-corrected chi connectivity index (χ2v) is 5.60. The maximum atomic E-state index is 5.58. The molecule has 0 fully saturated rings. The molecule has 0 aliphatic heterocycles. The zero-order valence-corrected chi connectivity index (χ0v) is 14.1. The standard InChI is InChI=1S/C16H30N4O/c1-6-20(7-2)12-8-9-14(5)18-16-17-11-10-15(19-16)21-13(3)4/h10-11,13-14H,6-9,12H2,1-5H3,(H,17,18,19). The highest BCUT2D eigenvalue weighted by Crippen LogP contribution is 2.12. The van der Waals surface area contributed by atoms with Crippen LogP contribution in [0.5, 0.6) is 5.88 Å². The lowest BCUT2D eigenvalue weighted by atomic mass is 10.2. The van der Waals surface area contributed by atoms with Crippen LogP contribution in [0.1, 0.15) is 47.5 Å². The quantitative estimate of drug-likeness (QED) is 0.718. The Morgan fingerprint density at radius 3 is 2.57 bits per heavy atom. The van der Waals surface area contributed by atoms with Gasteiger partial charge in [-0.15, -0.1) is 0 Å². The third kappa shape index (κ3) is 7.27. The predicted molar refractivity (Wildman–Crippen MR) is 87.9 cm³/mol. The number of hydrogen-bond acceptors (Lipinski definition) is 5. The Kier molecular flexibility index (Phi) is 8.05. The molecule has 5 heteroatoms. The maximum absolute atomic E-state index is 5.58. The van der Waals surface area contributed by atoms with Crippen molar-refractivity contribution in [3.05, 3.63) is 12.3 Å². The lowest BCUT2D eigenvalue weighted by Gasteiger charge is -2.19. The number of nitrogens with one attached hydrogen (secondary N) is 1. The molecule has 0 radical (unpaired) electrons. The van der Waals surface area contributed by atoms with E-state index in [0.717, 1.165) is 26.1 Å². The van der Waals surface area contributed by atoms with Crippen LogP contribution < -0.4 is 10.1 Å². The number of nitrogens with zero attached hydrogens (tertiary/aromatic N) is 3. The summed E-state index contributed by atoms with van der Waals surface area (Å²) >= 11 is 0. The summed E-state index contributed by atoms with van der Waals surface area (Å²) in [6.45, 7) is 14.0. The number of rotatable bonds is 10. The van der Waals surface area contributed by atoms with Crippen LogP contribution in [0, 0.1) is 0 Å². The molecule has 1 atom stereocenters. The molecule has 1 N–H and O–H groups in total. The molecule has 0 saturated carbocycles. The molecule has 0 bridgehead atoms. The summed E-state index contributed by atoms with van der Waals surface area (Å²) in [5.41, 5.74) is 0. The van der Waals surface area contributed by atoms with Crippen molar-refractivity contribution in [3.63, 3.8) is 0 Å². The SMILES string of the molecule is CCN(CC)CCCC(C)Nc1nccc(OC(C)C)n1. The van der Waals surface area contributed by atoms with Crippen molar-refractivity contribution in [2.75, 3.05) is 25.0 Å². The van der Waals surface area contributed by atoms with Gasteiger partial charge < -0.3 is 15.0 Å². The van der Waals surface area contributed by atoms with Gasteiger partial charge in [0.15, 0.2) is 0 Å². The Hall–Kier alpha value is -1.36. The van der Waals surface area contributed by atoms with Crippen LogP contribution >= 0.6 is 0 Å². The normalized spacial score (nSPS) is 12.7. The molecular weight excluding hydrogens is 264 g/mol. The molecule has 21 heavy (non-hydrogen) atoms. The van der Waals surface area contributed by atoms with E-state index >= 15 is 0 Å². The van der Waals surface area contributed by atoms with E-state index in [2.05, 4.69) is 41.0 Å². The maximum Gasteiger partial charge on any atom is 0.226 e. The van der Waals surface area contributed by atoms with Gasteiger partial charge in [0.25, 0.3) is 0 Å². The largest absolute Gasteiger partial charge is 0.475 e. The first-order valence-electron chi connectivity index (χ1n) is 8.03. The van der Waals surface area contributed by atoms with Crippen molar-refractivity contribution in [2.45, 2.75) is 59.6 Å². The average molecular weight is 294 g/mol. The molecule has 1 aromatic heterocycles. The first-order chi connectivity index (χ1) is 10.0. The van der Waals surface area contributed by atoms with Gasteiger partial charge in [-0.05, 0) is 53.2 Å². The Morgan fingerprint density at radius 2 is 1.95 bits per heavy atom. The highest BCUT2D eigenvalue weighted by atomic mass is 16.5. The average Bonchev–Trinajstić information content (AvgIpc) is 2.43. The van der Waals surface area contributed by atoms with Crippen LogP contribution in [0.4, 0.5) is 5.95 Å². The van der Waals surface area contributed by atoms with Crippen LogP contribution in [0.25, 0.3) is 0 Å². The lowest BCUT2D eigenvalue weighted by molar-refractivity contribution is 0.232. The molecule has 1 aromatic rings. The van der Waals surface area contributed by atoms with E-state index < -0.39 is 0 Å². The molecule has 1 rings (SSSR count). The fraction of sp³-hybridized carbons (Fsp3) is 0.750. The topological polar surface area (TPSA) is 50.3 Å². The molecule has 0 aliphatic rings. The minimum Gasteiger partial charge on any atom is -0.475 e. The minimum absolute atomic E-state index is 0.124. The Balaban J connectivity index is 2.38. The van der Waals surface area contributed by atoms with Gasteiger partial charge in [0.2, 0.25) is 11.8 Å². The third-order valence-corrected chi connectivity index (χ3v) is 3.37. The zero-order valence-electron chi connectivity index (χ0n) is 14.1. The summed E-state index contributed by atoms with van der Waals surface area (Å²) in [7, 11) is 0. The molecule has 0 aliphatic carbocycles. The second kappa shape index (κ2) is 9.55. The third-order valence-electron chi connectivity index (χ3n) is 3.37. The fourth-order valence-electron chi connectivity index (χ4n) is 2.17. The van der Waals surface area contributed by atoms with Gasteiger partial charge in [-0.25, -0.2) is 4.98 Å². The summed E-state index contributed by atoms with van der Waals surface area (Å²) in [5, 5.41) is 3.34. The van der Waals surface area contributed by atoms with E-state index in [0.29, 0.717) is 17.9 Å². The van der Waals surface area contributed by atoms with Crippen LogP contribution in [-0.2, 0) is 0 Å². The van der Waals surface area contributed by atoms with E-state index in [1.54, 1.807) is 12.3 Å². The van der Waals surface area contributed by atoms with Crippen LogP contribution in [-0.4, -0.2) is 46.6 Å². The molecule has 0 saturated heterocycles. The van der Waals surface area contributed by atoms with Crippen molar-refractivity contribution in [1.29, 1.82) is 0 Å². The molecule has 5 nitrogen and oxygen atoms in total. The summed E-state index contributed by atoms with van der Waals surface area (Å²) in [6.07, 6.45) is 4.14. The predicted octanol–water partition coefficient (Wildman–Crippen LogP) is 3.19. The van der Waals surface area contributed by atoms with Crippen molar-refractivity contribution in [2.24, 2.45) is 0 Å². The van der Waals surface area contributed by atoms with Gasteiger partial charge in [0, 0.05) is 18.3 Å². The molecule has 0 amide bonds. The molecule has 1 unspecified atom stereocenters. The van der Waals surface area contributed by atoms with E-state index in [4.69, 9.17) is 4.74 Å². The summed E-state index contributed by atoms with van der Waals surface area (Å²) in [4.78, 5) is 11.1. The first kappa shape index (κ1) is 17.7. The van der Waals surface area contributed by atoms with Crippen molar-refractivity contribution in [1.82, 2.24) is 14.9 Å². The smallest absolute Gasteiger partial charge is 0.226 e. The van der Waals surface area contributed by atoms with Gasteiger partial charge >= 0.3 is 0 Å².